The van der Waals surface area contributed by atoms with Gasteiger partial charge in [-0.05, 0) is 12.1 Å². The Labute approximate surface area is 102 Å². The fourth-order valence-electron chi connectivity index (χ4n) is 1.14. The first-order valence-electron chi connectivity index (χ1n) is 5.05. The summed E-state index contributed by atoms with van der Waals surface area (Å²) >= 11 is 0. The van der Waals surface area contributed by atoms with Crippen molar-refractivity contribution in [2.24, 2.45) is 0 Å². The van der Waals surface area contributed by atoms with Crippen LogP contribution in [0.2, 0.25) is 0 Å². The summed E-state index contributed by atoms with van der Waals surface area (Å²) in [6, 6.07) is 6.60. The topological polar surface area (TPSA) is 38.7 Å². The minimum absolute atomic E-state index is 0.239. The van der Waals surface area contributed by atoms with Crippen molar-refractivity contribution in [3.8, 4) is 17.6 Å². The largest absolute Gasteiger partial charge is 0.522 e. The van der Waals surface area contributed by atoms with Gasteiger partial charge in [0.1, 0.15) is 19.0 Å². The highest BCUT2D eigenvalue weighted by atomic mass is 19.4. The molecule has 0 saturated heterocycles. The first-order valence-corrected chi connectivity index (χ1v) is 5.05. The van der Waals surface area contributed by atoms with Gasteiger partial charge >= 0.3 is 6.36 Å². The van der Waals surface area contributed by atoms with Gasteiger partial charge in [0, 0.05) is 0 Å². The summed E-state index contributed by atoms with van der Waals surface area (Å²) in [5, 5.41) is 8.56. The number of alkyl halides is 3. The van der Waals surface area contributed by atoms with Crippen LogP contribution in [-0.2, 0) is 4.74 Å². The Kier molecular flexibility index (Phi) is 5.49. The van der Waals surface area contributed by atoms with E-state index < -0.39 is 13.0 Å². The van der Waals surface area contributed by atoms with E-state index in [9.17, 15) is 13.2 Å². The van der Waals surface area contributed by atoms with Crippen molar-refractivity contribution in [3.05, 3.63) is 29.8 Å². The van der Waals surface area contributed by atoms with Crippen molar-refractivity contribution in [1.29, 1.82) is 0 Å². The molecule has 3 nitrogen and oxygen atoms in total. The number of benzene rings is 1. The first-order chi connectivity index (χ1) is 8.53. The molecule has 0 spiro atoms. The molecule has 1 N–H and O–H groups in total. The van der Waals surface area contributed by atoms with Crippen LogP contribution in [0.4, 0.5) is 13.2 Å². The molecule has 18 heavy (non-hydrogen) atoms. The van der Waals surface area contributed by atoms with Crippen molar-refractivity contribution in [3.63, 3.8) is 0 Å². The van der Waals surface area contributed by atoms with Crippen molar-refractivity contribution < 1.29 is 27.8 Å². The molecule has 0 radical (unpaired) electrons. The molecule has 0 aliphatic heterocycles. The molecule has 0 atom stereocenters. The van der Waals surface area contributed by atoms with Gasteiger partial charge < -0.3 is 9.84 Å². The summed E-state index contributed by atoms with van der Waals surface area (Å²) in [6.07, 6.45) is -4.65. The third-order valence-corrected chi connectivity index (χ3v) is 1.80. The molecule has 0 amide bonds. The fourth-order valence-corrected chi connectivity index (χ4v) is 1.14. The average Bonchev–Trinajstić information content (AvgIpc) is 2.32. The minimum Gasteiger partial charge on any atom is -0.490 e. The zero-order valence-electron chi connectivity index (χ0n) is 9.33. The highest BCUT2D eigenvalue weighted by molar-refractivity contribution is 5.45. The molecule has 0 aromatic heterocycles. The molecule has 0 heterocycles. The van der Waals surface area contributed by atoms with E-state index in [4.69, 9.17) is 9.84 Å². The van der Waals surface area contributed by atoms with E-state index in [2.05, 4.69) is 16.6 Å². The van der Waals surface area contributed by atoms with Gasteiger partial charge in [0.2, 0.25) is 0 Å². The molecule has 0 unspecified atom stereocenters. The van der Waals surface area contributed by atoms with Gasteiger partial charge in [0.05, 0.1) is 12.2 Å². The Morgan fingerprint density at radius 3 is 2.56 bits per heavy atom. The van der Waals surface area contributed by atoms with E-state index in [1.54, 1.807) is 24.3 Å². The molecule has 0 saturated carbocycles. The summed E-state index contributed by atoms with van der Waals surface area (Å²) in [6.45, 7) is -1.13. The van der Waals surface area contributed by atoms with E-state index >= 15 is 0 Å². The Morgan fingerprint density at radius 1 is 1.17 bits per heavy atom. The lowest BCUT2D eigenvalue weighted by atomic mass is 10.2. The average molecular weight is 260 g/mol. The van der Waals surface area contributed by atoms with Crippen LogP contribution in [0.25, 0.3) is 0 Å². The first kappa shape index (κ1) is 14.4. The lowest BCUT2D eigenvalue weighted by Gasteiger charge is -2.10. The van der Waals surface area contributed by atoms with E-state index in [1.165, 1.54) is 0 Å². The van der Waals surface area contributed by atoms with Crippen LogP contribution in [0.5, 0.6) is 5.75 Å². The molecular weight excluding hydrogens is 249 g/mol. The molecule has 0 aliphatic carbocycles. The second-order valence-electron chi connectivity index (χ2n) is 3.10. The van der Waals surface area contributed by atoms with Crippen molar-refractivity contribution >= 4 is 0 Å². The smallest absolute Gasteiger partial charge is 0.490 e. The molecule has 1 aromatic rings. The predicted octanol–water partition coefficient (Wildman–Crippen LogP) is 1.95. The van der Waals surface area contributed by atoms with E-state index in [-0.39, 0.29) is 13.2 Å². The standard InChI is InChI=1S/C12H11F3O3/c13-12(14,15)18-9-8-17-11-6-2-1-4-10(11)5-3-7-16/h1-2,4,6,16H,7-9H2. The summed E-state index contributed by atoms with van der Waals surface area (Å²) in [5.41, 5.74) is 0.499. The number of ether oxygens (including phenoxy) is 2. The lowest BCUT2D eigenvalue weighted by Crippen LogP contribution is -2.18. The minimum atomic E-state index is -4.65. The van der Waals surface area contributed by atoms with E-state index in [0.717, 1.165) is 0 Å². The Hall–Kier alpha value is -1.71. The summed E-state index contributed by atoms with van der Waals surface area (Å²) in [5.74, 6) is 5.42. The van der Waals surface area contributed by atoms with Gasteiger partial charge in [0.25, 0.3) is 0 Å². The molecule has 1 aromatic carbocycles. The number of aliphatic hydroxyl groups excluding tert-OH is 1. The second kappa shape index (κ2) is 6.89. The van der Waals surface area contributed by atoms with Crippen LogP contribution in [0, 0.1) is 11.8 Å². The maximum atomic E-state index is 11.7. The number of hydrogen-bond acceptors (Lipinski definition) is 3. The fraction of sp³-hybridized carbons (Fsp3) is 0.333. The van der Waals surface area contributed by atoms with Crippen LogP contribution in [0.1, 0.15) is 5.56 Å². The van der Waals surface area contributed by atoms with Crippen molar-refractivity contribution in [2.45, 2.75) is 6.36 Å². The molecule has 6 heteroatoms. The number of halogens is 3. The van der Waals surface area contributed by atoms with Gasteiger partial charge in [-0.2, -0.15) is 0 Å². The third kappa shape index (κ3) is 5.57. The quantitative estimate of drug-likeness (QED) is 0.664. The predicted molar refractivity (Wildman–Crippen MR) is 57.9 cm³/mol. The van der Waals surface area contributed by atoms with Crippen LogP contribution < -0.4 is 4.74 Å². The Balaban J connectivity index is 2.52. The molecule has 1 rings (SSSR count). The monoisotopic (exact) mass is 260 g/mol. The number of aliphatic hydroxyl groups is 1. The van der Waals surface area contributed by atoms with Crippen molar-refractivity contribution in [1.82, 2.24) is 0 Å². The van der Waals surface area contributed by atoms with Gasteiger partial charge in [-0.1, -0.05) is 24.0 Å². The molecule has 98 valence electrons. The summed E-state index contributed by atoms with van der Waals surface area (Å²) < 4.78 is 43.8. The third-order valence-electron chi connectivity index (χ3n) is 1.80. The highest BCUT2D eigenvalue weighted by Gasteiger charge is 2.28. The second-order valence-corrected chi connectivity index (χ2v) is 3.10. The number of rotatable bonds is 4. The van der Waals surface area contributed by atoms with E-state index in [0.29, 0.717) is 11.3 Å². The van der Waals surface area contributed by atoms with Gasteiger partial charge in [-0.25, -0.2) is 0 Å². The van der Waals surface area contributed by atoms with Crippen LogP contribution in [-0.4, -0.2) is 31.3 Å². The Morgan fingerprint density at radius 2 is 1.89 bits per heavy atom. The summed E-state index contributed by atoms with van der Waals surface area (Å²) in [4.78, 5) is 0. The highest BCUT2D eigenvalue weighted by Crippen LogP contribution is 2.18. The van der Waals surface area contributed by atoms with Crippen LogP contribution in [0.15, 0.2) is 24.3 Å². The maximum absolute atomic E-state index is 11.7. The van der Waals surface area contributed by atoms with Gasteiger partial charge in [-0.15, -0.1) is 13.2 Å². The van der Waals surface area contributed by atoms with Gasteiger partial charge in [0.15, 0.2) is 0 Å². The van der Waals surface area contributed by atoms with Crippen LogP contribution in [0.3, 0.4) is 0 Å². The normalized spacial score (nSPS) is 10.7. The maximum Gasteiger partial charge on any atom is 0.522 e. The molecule has 0 bridgehead atoms. The number of hydrogen-bond donors (Lipinski definition) is 1. The lowest BCUT2D eigenvalue weighted by molar-refractivity contribution is -0.325. The molecular formula is C12H11F3O3. The van der Waals surface area contributed by atoms with Crippen molar-refractivity contribution in [2.75, 3.05) is 19.8 Å². The Bertz CT molecular complexity index is 432. The SMILES string of the molecule is OCC#Cc1ccccc1OCCOC(F)(F)F. The number of para-hydroxylation sites is 1. The summed E-state index contributed by atoms with van der Waals surface area (Å²) in [7, 11) is 0. The van der Waals surface area contributed by atoms with Gasteiger partial charge in [-0.3, -0.25) is 4.74 Å². The molecule has 0 aliphatic rings. The zero-order chi connectivity index (χ0) is 13.4. The van der Waals surface area contributed by atoms with E-state index in [1.807, 2.05) is 0 Å². The molecule has 0 fully saturated rings. The zero-order valence-corrected chi connectivity index (χ0v) is 9.33. The van der Waals surface area contributed by atoms with Crippen LogP contribution >= 0.6 is 0 Å².